The molecule has 0 heterocycles. The average Bonchev–Trinajstić information content (AvgIpc) is 1.99. The van der Waals surface area contributed by atoms with Crippen LogP contribution >= 0.6 is 0 Å². The van der Waals surface area contributed by atoms with Crippen molar-refractivity contribution in [2.24, 2.45) is 0 Å². The zero-order chi connectivity index (χ0) is 12.1. The van der Waals surface area contributed by atoms with Crippen LogP contribution in [0.2, 0.25) is 0 Å². The second kappa shape index (κ2) is 5.43. The van der Waals surface area contributed by atoms with Crippen molar-refractivity contribution in [2.75, 3.05) is 20.1 Å². The molecule has 0 aliphatic heterocycles. The Labute approximate surface area is 89.2 Å². The Morgan fingerprint density at radius 3 is 2.33 bits per heavy atom. The molecule has 0 aliphatic rings. The highest BCUT2D eigenvalue weighted by Gasteiger charge is 2.19. The lowest BCUT2D eigenvalue weighted by Gasteiger charge is -2.24. The van der Waals surface area contributed by atoms with Gasteiger partial charge in [-0.3, -0.25) is 0 Å². The Bertz CT molecular complexity index is 235. The number of nitrogens with zero attached hydrogens (tertiary/aromatic N) is 1. The number of carbonyl (C=O) groups excluding carboxylic acids is 1. The van der Waals surface area contributed by atoms with Crippen LogP contribution in [0.25, 0.3) is 0 Å². The lowest BCUT2D eigenvalue weighted by atomic mass is 10.2. The molecule has 0 atom stereocenters. The minimum absolute atomic E-state index is 0.186. The number of nitrogens with one attached hydrogen (secondary N) is 1. The molecule has 0 saturated carbocycles. The van der Waals surface area contributed by atoms with Crippen molar-refractivity contribution >= 4 is 12.2 Å². The number of hydrogen-bond donors (Lipinski definition) is 2. The van der Waals surface area contributed by atoms with Gasteiger partial charge in [-0.25, -0.2) is 9.59 Å². The SMILES string of the molecule is CN(CCNC(=O)O)C(=O)OC(C)(C)C. The minimum Gasteiger partial charge on any atom is -0.465 e. The fourth-order valence-corrected chi connectivity index (χ4v) is 0.762. The van der Waals surface area contributed by atoms with Gasteiger partial charge in [-0.15, -0.1) is 0 Å². The van der Waals surface area contributed by atoms with Crippen LogP contribution < -0.4 is 5.32 Å². The molecule has 0 aliphatic carbocycles. The molecule has 0 unspecified atom stereocenters. The van der Waals surface area contributed by atoms with Gasteiger partial charge in [-0.1, -0.05) is 0 Å². The third-order valence-electron chi connectivity index (χ3n) is 1.43. The molecular weight excluding hydrogens is 200 g/mol. The molecule has 2 N–H and O–H groups in total. The number of ether oxygens (including phenoxy) is 1. The third kappa shape index (κ3) is 7.60. The summed E-state index contributed by atoms with van der Waals surface area (Å²) >= 11 is 0. The molecule has 0 rings (SSSR count). The van der Waals surface area contributed by atoms with Crippen LogP contribution in [0, 0.1) is 0 Å². The lowest BCUT2D eigenvalue weighted by Crippen LogP contribution is -2.38. The van der Waals surface area contributed by atoms with Crippen molar-refractivity contribution in [3.63, 3.8) is 0 Å². The Morgan fingerprint density at radius 2 is 1.93 bits per heavy atom. The highest BCUT2D eigenvalue weighted by Crippen LogP contribution is 2.08. The maximum Gasteiger partial charge on any atom is 0.410 e. The zero-order valence-electron chi connectivity index (χ0n) is 9.53. The summed E-state index contributed by atoms with van der Waals surface area (Å²) in [5.41, 5.74) is -0.536. The van der Waals surface area contributed by atoms with E-state index in [2.05, 4.69) is 5.32 Å². The summed E-state index contributed by atoms with van der Waals surface area (Å²) in [5.74, 6) is 0. The molecule has 6 nitrogen and oxygen atoms in total. The second-order valence-electron chi connectivity index (χ2n) is 4.13. The van der Waals surface area contributed by atoms with Crippen molar-refractivity contribution in [2.45, 2.75) is 26.4 Å². The van der Waals surface area contributed by atoms with Crippen molar-refractivity contribution in [3.05, 3.63) is 0 Å². The average molecular weight is 218 g/mol. The van der Waals surface area contributed by atoms with Crippen LogP contribution in [0.15, 0.2) is 0 Å². The largest absolute Gasteiger partial charge is 0.465 e. The van der Waals surface area contributed by atoms with Crippen molar-refractivity contribution < 1.29 is 19.4 Å². The number of carbonyl (C=O) groups is 2. The van der Waals surface area contributed by atoms with Gasteiger partial charge in [0.05, 0.1) is 0 Å². The highest BCUT2D eigenvalue weighted by molar-refractivity contribution is 5.68. The van der Waals surface area contributed by atoms with Gasteiger partial charge >= 0.3 is 12.2 Å². The highest BCUT2D eigenvalue weighted by atomic mass is 16.6. The van der Waals surface area contributed by atoms with Gasteiger partial charge in [0.15, 0.2) is 0 Å². The fraction of sp³-hybridized carbons (Fsp3) is 0.778. The summed E-state index contributed by atoms with van der Waals surface area (Å²) in [6, 6.07) is 0. The van der Waals surface area contributed by atoms with Crippen LogP contribution in [0.3, 0.4) is 0 Å². The van der Waals surface area contributed by atoms with Gasteiger partial charge in [-0.2, -0.15) is 0 Å². The Kier molecular flexibility index (Phi) is 4.90. The fourth-order valence-electron chi connectivity index (χ4n) is 0.762. The summed E-state index contributed by atoms with van der Waals surface area (Å²) in [4.78, 5) is 22.8. The smallest absolute Gasteiger partial charge is 0.410 e. The third-order valence-corrected chi connectivity index (χ3v) is 1.43. The van der Waals surface area contributed by atoms with E-state index in [4.69, 9.17) is 9.84 Å². The Balaban J connectivity index is 3.85. The molecule has 0 saturated heterocycles. The van der Waals surface area contributed by atoms with Gasteiger partial charge < -0.3 is 20.1 Å². The van der Waals surface area contributed by atoms with Gasteiger partial charge in [0.2, 0.25) is 0 Å². The van der Waals surface area contributed by atoms with Crippen LogP contribution in [-0.4, -0.2) is 47.9 Å². The van der Waals surface area contributed by atoms with E-state index in [1.54, 1.807) is 27.8 Å². The molecule has 15 heavy (non-hydrogen) atoms. The standard InChI is InChI=1S/C9H18N2O4/c1-9(2,3)15-8(14)11(4)6-5-10-7(12)13/h10H,5-6H2,1-4H3,(H,12,13). The van der Waals surface area contributed by atoms with Crippen molar-refractivity contribution in [1.82, 2.24) is 10.2 Å². The number of rotatable bonds is 3. The summed E-state index contributed by atoms with van der Waals surface area (Å²) in [5, 5.41) is 10.5. The van der Waals surface area contributed by atoms with Gasteiger partial charge in [0.25, 0.3) is 0 Å². The number of hydrogen-bond acceptors (Lipinski definition) is 3. The van der Waals surface area contributed by atoms with E-state index in [1.807, 2.05) is 0 Å². The Hall–Kier alpha value is -1.46. The molecule has 0 aromatic rings. The first-order valence-corrected chi connectivity index (χ1v) is 4.63. The molecule has 0 radical (unpaired) electrons. The first-order chi connectivity index (χ1) is 6.72. The van der Waals surface area contributed by atoms with Crippen LogP contribution in [0.4, 0.5) is 9.59 Å². The van der Waals surface area contributed by atoms with Crippen molar-refractivity contribution in [3.8, 4) is 0 Å². The zero-order valence-corrected chi connectivity index (χ0v) is 9.53. The van der Waals surface area contributed by atoms with Crippen LogP contribution in [-0.2, 0) is 4.74 Å². The topological polar surface area (TPSA) is 78.9 Å². The van der Waals surface area contributed by atoms with Gasteiger partial charge in [0, 0.05) is 20.1 Å². The monoisotopic (exact) mass is 218 g/mol. The van der Waals surface area contributed by atoms with E-state index in [0.29, 0.717) is 0 Å². The number of amides is 2. The van der Waals surface area contributed by atoms with E-state index < -0.39 is 17.8 Å². The lowest BCUT2D eigenvalue weighted by molar-refractivity contribution is 0.0300. The first-order valence-electron chi connectivity index (χ1n) is 4.63. The predicted molar refractivity (Wildman–Crippen MR) is 54.9 cm³/mol. The molecule has 0 spiro atoms. The molecular formula is C9H18N2O4. The molecule has 2 amide bonds. The maximum atomic E-state index is 11.4. The molecule has 88 valence electrons. The molecule has 0 aromatic heterocycles. The summed E-state index contributed by atoms with van der Waals surface area (Å²) in [7, 11) is 1.55. The molecule has 0 aromatic carbocycles. The summed E-state index contributed by atoms with van der Waals surface area (Å²) in [6.07, 6.45) is -1.57. The molecule has 0 fully saturated rings. The Morgan fingerprint density at radius 1 is 1.40 bits per heavy atom. The number of likely N-dealkylation sites (N-methyl/N-ethyl adjacent to an activating group) is 1. The summed E-state index contributed by atoms with van der Waals surface area (Å²) < 4.78 is 5.07. The van der Waals surface area contributed by atoms with Crippen LogP contribution in [0.1, 0.15) is 20.8 Å². The maximum absolute atomic E-state index is 11.4. The molecule has 6 heteroatoms. The normalized spacial score (nSPS) is 10.7. The quantitative estimate of drug-likeness (QED) is 0.744. The predicted octanol–water partition coefficient (Wildman–Crippen LogP) is 1.12. The van der Waals surface area contributed by atoms with Gasteiger partial charge in [-0.05, 0) is 20.8 Å². The van der Waals surface area contributed by atoms with E-state index in [9.17, 15) is 9.59 Å². The second-order valence-corrected chi connectivity index (χ2v) is 4.13. The van der Waals surface area contributed by atoms with E-state index >= 15 is 0 Å². The van der Waals surface area contributed by atoms with E-state index in [-0.39, 0.29) is 13.1 Å². The molecule has 0 bridgehead atoms. The number of carboxylic acid groups (broad SMARTS) is 1. The van der Waals surface area contributed by atoms with E-state index in [0.717, 1.165) is 0 Å². The van der Waals surface area contributed by atoms with Crippen LogP contribution in [0.5, 0.6) is 0 Å². The summed E-state index contributed by atoms with van der Waals surface area (Å²) in [6.45, 7) is 5.78. The van der Waals surface area contributed by atoms with E-state index in [1.165, 1.54) is 4.90 Å². The first kappa shape index (κ1) is 13.5. The van der Waals surface area contributed by atoms with Gasteiger partial charge in [0.1, 0.15) is 5.60 Å². The van der Waals surface area contributed by atoms with Crippen molar-refractivity contribution in [1.29, 1.82) is 0 Å². The minimum atomic E-state index is -1.10.